The first-order valence-electron chi connectivity index (χ1n) is 12.5. The molecule has 13 nitrogen and oxygen atoms in total. The van der Waals surface area contributed by atoms with E-state index in [9.17, 15) is 29.4 Å². The number of carbonyl (C=O) groups is 4. The van der Waals surface area contributed by atoms with E-state index in [-0.39, 0.29) is 37.0 Å². The lowest BCUT2D eigenvalue weighted by Crippen LogP contribution is -2.58. The highest BCUT2D eigenvalue weighted by molar-refractivity contribution is 5.94. The van der Waals surface area contributed by atoms with Crippen molar-refractivity contribution in [3.05, 3.63) is 29.8 Å². The van der Waals surface area contributed by atoms with Crippen LogP contribution in [0.25, 0.3) is 0 Å². The standard InChI is InChI=1S/C25H41N7O6/c1-13(2)19(26)23(36)31-18(12-15-7-9-16(33)10-8-15)22(35)30-17(6-5-11-29-25(27)28)21(34)32-20(14(3)4)24(37)38/h7-10,13-14,17-20,33H,5-6,11-12,26H2,1-4H3,(H,30,35)(H,31,36)(H,32,34)(H,37,38)(H4,27,28,29). The van der Waals surface area contributed by atoms with Gasteiger partial charge in [0, 0.05) is 13.0 Å². The normalized spacial score (nSPS) is 14.2. The maximum absolute atomic E-state index is 13.4. The molecule has 0 heterocycles. The molecule has 0 aliphatic carbocycles. The maximum Gasteiger partial charge on any atom is 0.326 e. The lowest BCUT2D eigenvalue weighted by atomic mass is 10.0. The molecule has 0 saturated carbocycles. The number of hydrogen-bond donors (Lipinski definition) is 8. The summed E-state index contributed by atoms with van der Waals surface area (Å²) in [7, 11) is 0. The van der Waals surface area contributed by atoms with Gasteiger partial charge in [0.1, 0.15) is 23.9 Å². The molecule has 38 heavy (non-hydrogen) atoms. The van der Waals surface area contributed by atoms with E-state index in [4.69, 9.17) is 17.2 Å². The van der Waals surface area contributed by atoms with E-state index in [1.165, 1.54) is 12.1 Å². The summed E-state index contributed by atoms with van der Waals surface area (Å²) in [5.74, 6) is -3.80. The zero-order chi connectivity index (χ0) is 29.0. The van der Waals surface area contributed by atoms with E-state index in [1.807, 2.05) is 0 Å². The summed E-state index contributed by atoms with van der Waals surface area (Å²) in [5, 5.41) is 26.8. The fraction of sp³-hybridized carbons (Fsp3) is 0.560. The number of amides is 3. The first kappa shape index (κ1) is 32.2. The summed E-state index contributed by atoms with van der Waals surface area (Å²) in [5.41, 5.74) is 17.3. The number of phenolic OH excluding ortho intramolecular Hbond substituents is 1. The Labute approximate surface area is 222 Å². The van der Waals surface area contributed by atoms with Crippen molar-refractivity contribution in [3.63, 3.8) is 0 Å². The van der Waals surface area contributed by atoms with Crippen molar-refractivity contribution >= 4 is 29.7 Å². The predicted molar refractivity (Wildman–Crippen MR) is 143 cm³/mol. The molecule has 0 aliphatic rings. The largest absolute Gasteiger partial charge is 0.508 e. The molecule has 0 radical (unpaired) electrons. The fourth-order valence-electron chi connectivity index (χ4n) is 3.46. The first-order chi connectivity index (χ1) is 17.7. The summed E-state index contributed by atoms with van der Waals surface area (Å²) in [6, 6.07) is 1.82. The molecule has 0 aromatic heterocycles. The fourth-order valence-corrected chi connectivity index (χ4v) is 3.46. The Bertz CT molecular complexity index is 977. The van der Waals surface area contributed by atoms with Crippen LogP contribution in [0.3, 0.4) is 0 Å². The molecule has 1 aromatic carbocycles. The van der Waals surface area contributed by atoms with Crippen molar-refractivity contribution in [1.29, 1.82) is 0 Å². The van der Waals surface area contributed by atoms with Crippen LogP contribution in [0.2, 0.25) is 0 Å². The molecule has 0 aliphatic heterocycles. The van der Waals surface area contributed by atoms with Gasteiger partial charge >= 0.3 is 5.97 Å². The van der Waals surface area contributed by atoms with Crippen molar-refractivity contribution in [2.24, 2.45) is 34.0 Å². The molecule has 4 unspecified atom stereocenters. The molecular weight excluding hydrogens is 494 g/mol. The number of aliphatic carboxylic acids is 1. The van der Waals surface area contributed by atoms with Crippen LogP contribution >= 0.6 is 0 Å². The third kappa shape index (κ3) is 11.0. The molecule has 1 aromatic rings. The number of nitrogens with one attached hydrogen (secondary N) is 3. The van der Waals surface area contributed by atoms with Gasteiger partial charge in [0.15, 0.2) is 5.96 Å². The van der Waals surface area contributed by atoms with Gasteiger partial charge in [-0.15, -0.1) is 0 Å². The number of nitrogens with zero attached hydrogens (tertiary/aromatic N) is 1. The maximum atomic E-state index is 13.4. The predicted octanol–water partition coefficient (Wildman–Crippen LogP) is -0.833. The highest BCUT2D eigenvalue weighted by Gasteiger charge is 2.31. The number of aliphatic imine (C=N–C) groups is 1. The molecule has 0 bridgehead atoms. The van der Waals surface area contributed by atoms with Crippen LogP contribution in [0, 0.1) is 11.8 Å². The van der Waals surface area contributed by atoms with Gasteiger partial charge in [0.25, 0.3) is 0 Å². The molecule has 11 N–H and O–H groups in total. The van der Waals surface area contributed by atoms with E-state index in [2.05, 4.69) is 20.9 Å². The summed E-state index contributed by atoms with van der Waals surface area (Å²) in [4.78, 5) is 54.6. The van der Waals surface area contributed by atoms with E-state index >= 15 is 0 Å². The number of carboxylic acid groups (broad SMARTS) is 1. The second kappa shape index (κ2) is 15.4. The number of rotatable bonds is 15. The number of hydrogen-bond acceptors (Lipinski definition) is 7. The van der Waals surface area contributed by atoms with Crippen LogP contribution in [0.1, 0.15) is 46.1 Å². The molecule has 0 fully saturated rings. The lowest BCUT2D eigenvalue weighted by molar-refractivity contribution is -0.143. The molecule has 0 saturated heterocycles. The number of nitrogens with two attached hydrogens (primary N) is 3. The van der Waals surface area contributed by atoms with Gasteiger partial charge in [0.05, 0.1) is 6.04 Å². The average molecular weight is 536 g/mol. The number of aromatic hydroxyl groups is 1. The molecule has 4 atom stereocenters. The quantitative estimate of drug-likeness (QED) is 0.0793. The van der Waals surface area contributed by atoms with Crippen LogP contribution in [-0.2, 0) is 25.6 Å². The van der Waals surface area contributed by atoms with Gasteiger partial charge in [-0.1, -0.05) is 39.8 Å². The van der Waals surface area contributed by atoms with Crippen LogP contribution in [0.5, 0.6) is 5.75 Å². The third-order valence-corrected chi connectivity index (χ3v) is 5.84. The smallest absolute Gasteiger partial charge is 0.326 e. The van der Waals surface area contributed by atoms with Crippen LogP contribution in [0.4, 0.5) is 0 Å². The van der Waals surface area contributed by atoms with E-state index in [0.717, 1.165) is 0 Å². The number of guanidine groups is 1. The minimum atomic E-state index is -1.21. The van der Waals surface area contributed by atoms with Crippen LogP contribution in [-0.4, -0.2) is 70.6 Å². The van der Waals surface area contributed by atoms with Crippen LogP contribution < -0.4 is 33.2 Å². The monoisotopic (exact) mass is 535 g/mol. The Morgan fingerprint density at radius 2 is 1.42 bits per heavy atom. The number of carbonyl (C=O) groups excluding carboxylic acids is 3. The molecule has 1 rings (SSSR count). The molecule has 212 valence electrons. The van der Waals surface area contributed by atoms with Crippen molar-refractivity contribution in [2.75, 3.05) is 6.54 Å². The first-order valence-corrected chi connectivity index (χ1v) is 12.5. The van der Waals surface area contributed by atoms with Gasteiger partial charge in [-0.3, -0.25) is 19.4 Å². The summed E-state index contributed by atoms with van der Waals surface area (Å²) in [6.07, 6.45) is 0.460. The van der Waals surface area contributed by atoms with Gasteiger partial charge < -0.3 is 43.4 Å². The Kier molecular flexibility index (Phi) is 13.0. The second-order valence-electron chi connectivity index (χ2n) is 9.78. The number of benzene rings is 1. The van der Waals surface area contributed by atoms with E-state index in [1.54, 1.807) is 39.8 Å². The zero-order valence-electron chi connectivity index (χ0n) is 22.3. The third-order valence-electron chi connectivity index (χ3n) is 5.84. The Balaban J connectivity index is 3.18. The average Bonchev–Trinajstić information content (AvgIpc) is 2.83. The topological polar surface area (TPSA) is 235 Å². The lowest BCUT2D eigenvalue weighted by Gasteiger charge is -2.26. The number of phenols is 1. The van der Waals surface area contributed by atoms with Gasteiger partial charge in [-0.2, -0.15) is 0 Å². The molecular formula is C25H41N7O6. The van der Waals surface area contributed by atoms with Crippen molar-refractivity contribution in [3.8, 4) is 5.75 Å². The summed E-state index contributed by atoms with van der Waals surface area (Å²) < 4.78 is 0. The van der Waals surface area contributed by atoms with E-state index in [0.29, 0.717) is 12.0 Å². The Morgan fingerprint density at radius 3 is 1.92 bits per heavy atom. The van der Waals surface area contributed by atoms with Crippen LogP contribution in [0.15, 0.2) is 29.3 Å². The molecule has 13 heteroatoms. The second-order valence-corrected chi connectivity index (χ2v) is 9.78. The zero-order valence-corrected chi connectivity index (χ0v) is 22.3. The molecule has 0 spiro atoms. The SMILES string of the molecule is CC(C)C(N)C(=O)NC(Cc1ccc(O)cc1)C(=O)NC(CCCN=C(N)N)C(=O)NC(C(=O)O)C(C)C. The minimum Gasteiger partial charge on any atom is -0.508 e. The van der Waals surface area contributed by atoms with Crippen molar-refractivity contribution in [1.82, 2.24) is 16.0 Å². The van der Waals surface area contributed by atoms with Gasteiger partial charge in [0.2, 0.25) is 17.7 Å². The highest BCUT2D eigenvalue weighted by Crippen LogP contribution is 2.13. The summed E-state index contributed by atoms with van der Waals surface area (Å²) >= 11 is 0. The number of carboxylic acids is 1. The van der Waals surface area contributed by atoms with Gasteiger partial charge in [-0.05, 0) is 42.4 Å². The Morgan fingerprint density at radius 1 is 0.868 bits per heavy atom. The van der Waals surface area contributed by atoms with Gasteiger partial charge in [-0.25, -0.2) is 4.79 Å². The van der Waals surface area contributed by atoms with Crippen molar-refractivity contribution in [2.45, 2.75) is 71.1 Å². The summed E-state index contributed by atoms with van der Waals surface area (Å²) in [6.45, 7) is 7.01. The Hall–Kier alpha value is -3.87. The van der Waals surface area contributed by atoms with E-state index < -0.39 is 53.8 Å². The minimum absolute atomic E-state index is 0.0382. The van der Waals surface area contributed by atoms with Crippen molar-refractivity contribution < 1.29 is 29.4 Å². The molecule has 3 amide bonds. The highest BCUT2D eigenvalue weighted by atomic mass is 16.4.